The molecule has 0 aliphatic rings. The van der Waals surface area contributed by atoms with Crippen LogP contribution in [0.1, 0.15) is 24.8 Å². The van der Waals surface area contributed by atoms with Crippen LogP contribution in [0.25, 0.3) is 11.1 Å². The lowest BCUT2D eigenvalue weighted by atomic mass is 10.0. The second kappa shape index (κ2) is 9.19. The summed E-state index contributed by atoms with van der Waals surface area (Å²) >= 11 is 0.775. The Labute approximate surface area is 193 Å². The number of benzene rings is 2. The molecule has 0 spiro atoms. The molecular formula is C20H14F4N2O5S2. The van der Waals surface area contributed by atoms with Crippen molar-refractivity contribution in [3.63, 3.8) is 0 Å². The number of rotatable bonds is 6. The first-order valence-electron chi connectivity index (χ1n) is 10.1. The van der Waals surface area contributed by atoms with Crippen LogP contribution in [0.15, 0.2) is 35.0 Å². The summed E-state index contributed by atoms with van der Waals surface area (Å²) < 4.78 is 109. The van der Waals surface area contributed by atoms with Crippen molar-refractivity contribution in [2.45, 2.75) is 0 Å². The Morgan fingerprint density at radius 2 is 1.61 bits per heavy atom. The number of carbonyl (C=O) groups excluding carboxylic acids is 2. The number of hydrogen-bond acceptors (Lipinski definition) is 6. The summed E-state index contributed by atoms with van der Waals surface area (Å²) in [6.07, 6.45) is 0.680. The van der Waals surface area contributed by atoms with E-state index in [1.54, 1.807) is 10.0 Å². The molecule has 13 heteroatoms. The van der Waals surface area contributed by atoms with Crippen LogP contribution >= 0.6 is 11.3 Å². The third-order valence-electron chi connectivity index (χ3n) is 4.17. The fraction of sp³-hybridized carbons (Fsp3) is 0.100. The van der Waals surface area contributed by atoms with Crippen LogP contribution in [0.3, 0.4) is 0 Å². The van der Waals surface area contributed by atoms with Crippen LogP contribution < -0.4 is 14.8 Å². The highest BCUT2D eigenvalue weighted by molar-refractivity contribution is 7.89. The summed E-state index contributed by atoms with van der Waals surface area (Å²) in [6, 6.07) is 4.18. The molecule has 2 aromatic carbocycles. The van der Waals surface area contributed by atoms with E-state index < -0.39 is 80.1 Å². The maximum absolute atomic E-state index is 14.8. The Morgan fingerprint density at radius 3 is 2.18 bits per heavy atom. The van der Waals surface area contributed by atoms with Crippen LogP contribution in [-0.2, 0) is 10.0 Å². The number of amides is 2. The number of anilines is 1. The lowest BCUT2D eigenvalue weighted by molar-refractivity contribution is 0.0964. The molecule has 1 aromatic heterocycles. The predicted octanol–water partition coefficient (Wildman–Crippen LogP) is 3.92. The number of methoxy groups -OCH3 is 1. The molecule has 0 aliphatic heterocycles. The number of ether oxygens (including phenoxy) is 1. The number of halogens is 4. The molecule has 1 heterocycles. The van der Waals surface area contributed by atoms with Gasteiger partial charge in [-0.2, -0.15) is 11.3 Å². The molecule has 0 saturated heterocycles. The average molecular weight is 505 g/mol. The first kappa shape index (κ1) is 20.2. The van der Waals surface area contributed by atoms with Crippen molar-refractivity contribution in [3.8, 4) is 16.9 Å². The molecule has 7 nitrogen and oxygen atoms in total. The van der Waals surface area contributed by atoms with E-state index in [4.69, 9.17) is 4.11 Å². The summed E-state index contributed by atoms with van der Waals surface area (Å²) in [7, 11) is -6.91. The fourth-order valence-corrected chi connectivity index (χ4v) is 4.02. The van der Waals surface area contributed by atoms with Crippen molar-refractivity contribution in [2.24, 2.45) is 0 Å². The normalized spacial score (nSPS) is 12.9. The molecule has 33 heavy (non-hydrogen) atoms. The van der Waals surface area contributed by atoms with Gasteiger partial charge in [0, 0.05) is 10.8 Å². The average Bonchev–Trinajstić information content (AvgIpc) is 3.24. The number of nitrogens with one attached hydrogen (secondary N) is 2. The molecule has 0 atom stereocenters. The van der Waals surface area contributed by atoms with Crippen molar-refractivity contribution in [1.29, 1.82) is 0 Å². The second-order valence-electron chi connectivity index (χ2n) is 6.49. The molecule has 2 N–H and O–H groups in total. The molecular weight excluding hydrogens is 488 g/mol. The highest BCUT2D eigenvalue weighted by Crippen LogP contribution is 2.36. The molecule has 2 amide bonds. The molecule has 0 unspecified atom stereocenters. The summed E-state index contributed by atoms with van der Waals surface area (Å²) in [4.78, 5) is 24.6. The summed E-state index contributed by atoms with van der Waals surface area (Å²) in [5.41, 5.74) is -4.14. The monoisotopic (exact) mass is 505 g/mol. The van der Waals surface area contributed by atoms with Crippen LogP contribution in [-0.4, -0.2) is 33.5 Å². The molecule has 3 rings (SSSR count). The molecule has 0 saturated carbocycles. The topological polar surface area (TPSA) is 102 Å². The SMILES string of the molecule is [2H]C([2H])([2H])Oc1cccc(-c2c(F)c(F)c(NC(=O)c3cscc3C(=O)NS(C)(=O)=O)c(F)c2F)c1. The van der Waals surface area contributed by atoms with E-state index in [0.29, 0.717) is 6.26 Å². The standard InChI is InChI=1S/C20H14F4N2O5S2/c1-31-10-5-3-4-9(6-10)13-14(21)16(23)18(17(24)15(13)22)25-19(27)11-7-32-8-12(11)20(28)26-33(2,29)30/h3-8H,1-2H3,(H,25,27)(H,26,28)/i1D3. The lowest BCUT2D eigenvalue weighted by Gasteiger charge is -2.14. The number of sulfonamides is 1. The Bertz CT molecular complexity index is 1450. The number of thiophene rings is 1. The smallest absolute Gasteiger partial charge is 0.266 e. The Kier molecular flexibility index (Phi) is 5.62. The van der Waals surface area contributed by atoms with Gasteiger partial charge in [0.1, 0.15) is 11.4 Å². The van der Waals surface area contributed by atoms with E-state index in [1.807, 2.05) is 0 Å². The zero-order valence-corrected chi connectivity index (χ0v) is 18.0. The van der Waals surface area contributed by atoms with Gasteiger partial charge in [-0.1, -0.05) is 12.1 Å². The maximum atomic E-state index is 14.8. The third-order valence-corrected chi connectivity index (χ3v) is 5.47. The highest BCUT2D eigenvalue weighted by atomic mass is 32.2. The Balaban J connectivity index is 1.99. The van der Waals surface area contributed by atoms with Crippen LogP contribution in [0.4, 0.5) is 23.2 Å². The minimum atomic E-state index is -4.01. The van der Waals surface area contributed by atoms with Crippen LogP contribution in [0, 0.1) is 23.3 Å². The van der Waals surface area contributed by atoms with E-state index in [9.17, 15) is 35.6 Å². The van der Waals surface area contributed by atoms with E-state index >= 15 is 0 Å². The largest absolute Gasteiger partial charge is 0.497 e. The minimum Gasteiger partial charge on any atom is -0.497 e. The van der Waals surface area contributed by atoms with Gasteiger partial charge in [0.25, 0.3) is 11.8 Å². The summed E-state index contributed by atoms with van der Waals surface area (Å²) in [6.45, 7) is 0. The quantitative estimate of drug-likeness (QED) is 0.391. The molecule has 3 aromatic rings. The lowest BCUT2D eigenvalue weighted by Crippen LogP contribution is -2.30. The van der Waals surface area contributed by atoms with Gasteiger partial charge in [-0.15, -0.1) is 0 Å². The van der Waals surface area contributed by atoms with Crippen LogP contribution in [0.2, 0.25) is 0 Å². The van der Waals surface area contributed by atoms with Gasteiger partial charge >= 0.3 is 0 Å². The van der Waals surface area contributed by atoms with Crippen LogP contribution in [0.5, 0.6) is 5.75 Å². The highest BCUT2D eigenvalue weighted by Gasteiger charge is 2.29. The summed E-state index contributed by atoms with van der Waals surface area (Å²) in [5.74, 6) is -10.7. The van der Waals surface area contributed by atoms with Crippen molar-refractivity contribution in [2.75, 3.05) is 18.6 Å². The Morgan fingerprint density at radius 1 is 1.00 bits per heavy atom. The van der Waals surface area contributed by atoms with Gasteiger partial charge in [0.2, 0.25) is 10.0 Å². The molecule has 0 fully saturated rings. The van der Waals surface area contributed by atoms with E-state index in [-0.39, 0.29) is 5.75 Å². The minimum absolute atomic E-state index is 0.359. The van der Waals surface area contributed by atoms with Crippen molar-refractivity contribution < 1.29 is 44.4 Å². The number of hydrogen-bond donors (Lipinski definition) is 2. The maximum Gasteiger partial charge on any atom is 0.266 e. The van der Waals surface area contributed by atoms with Gasteiger partial charge in [-0.3, -0.25) is 9.59 Å². The van der Waals surface area contributed by atoms with E-state index in [1.165, 1.54) is 0 Å². The molecule has 174 valence electrons. The fourth-order valence-electron chi connectivity index (χ4n) is 2.76. The van der Waals surface area contributed by atoms with Crippen molar-refractivity contribution >= 4 is 38.9 Å². The predicted molar refractivity (Wildman–Crippen MR) is 113 cm³/mol. The van der Waals surface area contributed by atoms with Gasteiger partial charge in [0.15, 0.2) is 23.3 Å². The molecule has 0 bridgehead atoms. The third kappa shape index (κ3) is 4.98. The van der Waals surface area contributed by atoms with Gasteiger partial charge in [-0.05, 0) is 17.7 Å². The zero-order valence-electron chi connectivity index (χ0n) is 19.3. The summed E-state index contributed by atoms with van der Waals surface area (Å²) in [5, 5.41) is 3.79. The first-order valence-corrected chi connectivity index (χ1v) is 11.5. The van der Waals surface area contributed by atoms with Gasteiger partial charge in [-0.25, -0.2) is 30.7 Å². The first-order chi connectivity index (χ1) is 16.6. The number of carbonyl (C=O) groups is 2. The van der Waals surface area contributed by atoms with Crippen molar-refractivity contribution in [3.05, 3.63) is 69.4 Å². The van der Waals surface area contributed by atoms with E-state index in [0.717, 1.165) is 46.4 Å². The molecule has 0 aliphatic carbocycles. The van der Waals surface area contributed by atoms with Crippen molar-refractivity contribution in [1.82, 2.24) is 4.72 Å². The second-order valence-corrected chi connectivity index (χ2v) is 8.98. The van der Waals surface area contributed by atoms with E-state index in [2.05, 4.69) is 4.74 Å². The Hall–Kier alpha value is -3.45. The van der Waals surface area contributed by atoms with Gasteiger partial charge in [0.05, 0.1) is 34.1 Å². The zero-order chi connectivity index (χ0) is 27.0. The van der Waals surface area contributed by atoms with Gasteiger partial charge < -0.3 is 10.1 Å². The molecule has 0 radical (unpaired) electrons.